The Morgan fingerprint density at radius 2 is 1.65 bits per heavy atom. The molecule has 4 rings (SSSR count). The van der Waals surface area contributed by atoms with Crippen molar-refractivity contribution >= 4 is 11.6 Å². The van der Waals surface area contributed by atoms with Gasteiger partial charge in [-0.3, -0.25) is 4.79 Å². The van der Waals surface area contributed by atoms with Gasteiger partial charge >= 0.3 is 6.18 Å². The van der Waals surface area contributed by atoms with Gasteiger partial charge in [0.15, 0.2) is 5.78 Å². The number of hydrogen-bond donors (Lipinski definition) is 1. The Hall–Kier alpha value is -3.09. The number of rotatable bonds is 7. The average Bonchev–Trinajstić information content (AvgIpc) is 3.27. The SMILES string of the molecule is CCC(CC)(CC(=O)c1cnn2c1NC(c1ccccc1)CC2C)c1ccc(C(F)(F)F)cc1. The zero-order valence-electron chi connectivity index (χ0n) is 19.7. The highest BCUT2D eigenvalue weighted by Crippen LogP contribution is 2.41. The van der Waals surface area contributed by atoms with Gasteiger partial charge in [-0.25, -0.2) is 4.68 Å². The summed E-state index contributed by atoms with van der Waals surface area (Å²) < 4.78 is 41.0. The Morgan fingerprint density at radius 3 is 2.24 bits per heavy atom. The van der Waals surface area contributed by atoms with Crippen molar-refractivity contribution in [3.8, 4) is 0 Å². The molecule has 1 aliphatic rings. The molecular weight excluding hydrogens is 439 g/mol. The molecule has 4 nitrogen and oxygen atoms in total. The zero-order chi connectivity index (χ0) is 24.5. The van der Waals surface area contributed by atoms with Crippen molar-refractivity contribution in [3.05, 3.63) is 83.0 Å². The summed E-state index contributed by atoms with van der Waals surface area (Å²) in [7, 11) is 0. The maximum Gasteiger partial charge on any atom is 0.416 e. The van der Waals surface area contributed by atoms with E-state index in [2.05, 4.69) is 29.5 Å². The minimum atomic E-state index is -4.38. The lowest BCUT2D eigenvalue weighted by molar-refractivity contribution is -0.137. The summed E-state index contributed by atoms with van der Waals surface area (Å²) >= 11 is 0. The Morgan fingerprint density at radius 1 is 1.03 bits per heavy atom. The van der Waals surface area contributed by atoms with Crippen LogP contribution in [-0.4, -0.2) is 15.6 Å². The number of nitrogens with zero attached hydrogens (tertiary/aromatic N) is 2. The van der Waals surface area contributed by atoms with E-state index in [0.717, 1.165) is 29.7 Å². The third kappa shape index (κ3) is 4.48. The molecule has 1 aliphatic heterocycles. The molecule has 1 aromatic heterocycles. The van der Waals surface area contributed by atoms with Crippen molar-refractivity contribution in [2.75, 3.05) is 5.32 Å². The normalized spacial score (nSPS) is 18.3. The van der Waals surface area contributed by atoms with E-state index >= 15 is 0 Å². The van der Waals surface area contributed by atoms with Crippen LogP contribution in [0.15, 0.2) is 60.8 Å². The first-order valence-electron chi connectivity index (χ1n) is 11.8. The van der Waals surface area contributed by atoms with Gasteiger partial charge in [0.2, 0.25) is 0 Å². The van der Waals surface area contributed by atoms with Crippen LogP contribution in [0.25, 0.3) is 0 Å². The molecule has 34 heavy (non-hydrogen) atoms. The van der Waals surface area contributed by atoms with E-state index in [0.29, 0.717) is 24.2 Å². The van der Waals surface area contributed by atoms with E-state index in [1.54, 1.807) is 6.20 Å². The minimum Gasteiger partial charge on any atom is -0.363 e. The van der Waals surface area contributed by atoms with Crippen molar-refractivity contribution in [3.63, 3.8) is 0 Å². The van der Waals surface area contributed by atoms with Crippen molar-refractivity contribution in [1.82, 2.24) is 9.78 Å². The third-order valence-electron chi connectivity index (χ3n) is 7.28. The van der Waals surface area contributed by atoms with Crippen molar-refractivity contribution in [1.29, 1.82) is 0 Å². The number of benzene rings is 2. The van der Waals surface area contributed by atoms with E-state index in [-0.39, 0.29) is 24.3 Å². The number of Topliss-reactive ketones (excluding diaryl/α,β-unsaturated/α-hetero) is 1. The summed E-state index contributed by atoms with van der Waals surface area (Å²) in [5.41, 5.74) is 1.21. The molecule has 0 fully saturated rings. The fourth-order valence-electron chi connectivity index (χ4n) is 5.04. The fraction of sp³-hybridized carbons (Fsp3) is 0.407. The minimum absolute atomic E-state index is 0.0572. The molecule has 0 amide bonds. The van der Waals surface area contributed by atoms with Crippen LogP contribution in [0, 0.1) is 0 Å². The first kappa shape index (κ1) is 24.0. The first-order valence-corrected chi connectivity index (χ1v) is 11.8. The molecule has 180 valence electrons. The number of fused-ring (bicyclic) bond motifs is 1. The van der Waals surface area contributed by atoms with Gasteiger partial charge in [0.05, 0.1) is 29.4 Å². The summed E-state index contributed by atoms with van der Waals surface area (Å²) in [4.78, 5) is 13.6. The van der Waals surface area contributed by atoms with E-state index in [9.17, 15) is 18.0 Å². The number of aromatic nitrogens is 2. The van der Waals surface area contributed by atoms with E-state index in [1.807, 2.05) is 36.7 Å². The van der Waals surface area contributed by atoms with Gasteiger partial charge in [-0.05, 0) is 49.4 Å². The zero-order valence-corrected chi connectivity index (χ0v) is 19.7. The standard InChI is InChI=1S/C27H30F3N3O/c1-4-26(5-2,20-11-13-21(14-12-20)27(28,29)30)16-24(34)22-17-31-33-18(3)15-23(32-25(22)33)19-9-7-6-8-10-19/h6-14,17-18,23,32H,4-5,15-16H2,1-3H3. The number of anilines is 1. The number of nitrogens with one attached hydrogen (secondary N) is 1. The van der Waals surface area contributed by atoms with Crippen molar-refractivity contribution < 1.29 is 18.0 Å². The van der Waals surface area contributed by atoms with Crippen LogP contribution >= 0.6 is 0 Å². The van der Waals surface area contributed by atoms with E-state index < -0.39 is 17.2 Å². The molecule has 2 heterocycles. The highest BCUT2D eigenvalue weighted by Gasteiger charge is 2.36. The Balaban J connectivity index is 1.62. The molecule has 0 saturated carbocycles. The number of carbonyl (C=O) groups excluding carboxylic acids is 1. The van der Waals surface area contributed by atoms with Crippen LogP contribution in [0.2, 0.25) is 0 Å². The highest BCUT2D eigenvalue weighted by atomic mass is 19.4. The van der Waals surface area contributed by atoms with E-state index in [4.69, 9.17) is 0 Å². The van der Waals surface area contributed by atoms with Crippen LogP contribution in [0.3, 0.4) is 0 Å². The van der Waals surface area contributed by atoms with Crippen molar-refractivity contribution in [2.45, 2.75) is 70.1 Å². The van der Waals surface area contributed by atoms with E-state index in [1.165, 1.54) is 12.1 Å². The number of halogens is 3. The largest absolute Gasteiger partial charge is 0.416 e. The third-order valence-corrected chi connectivity index (χ3v) is 7.28. The fourth-order valence-corrected chi connectivity index (χ4v) is 5.04. The average molecular weight is 470 g/mol. The molecule has 0 spiro atoms. The Bertz CT molecular complexity index is 1130. The molecular formula is C27H30F3N3O. The molecule has 3 aromatic rings. The number of ketones is 1. The predicted molar refractivity (Wildman–Crippen MR) is 127 cm³/mol. The second-order valence-electron chi connectivity index (χ2n) is 9.21. The number of carbonyl (C=O) groups is 1. The summed E-state index contributed by atoms with van der Waals surface area (Å²) in [6.45, 7) is 6.05. The van der Waals surface area contributed by atoms with Crippen molar-refractivity contribution in [2.24, 2.45) is 0 Å². The Labute approximate surface area is 198 Å². The maximum absolute atomic E-state index is 13.6. The number of alkyl halides is 3. The quantitative estimate of drug-likeness (QED) is 0.368. The van der Waals surface area contributed by atoms with Gasteiger partial charge in [-0.1, -0.05) is 56.3 Å². The van der Waals surface area contributed by atoms with Gasteiger partial charge in [0.1, 0.15) is 5.82 Å². The molecule has 7 heteroatoms. The van der Waals surface area contributed by atoms with Crippen LogP contribution in [0.5, 0.6) is 0 Å². The molecule has 2 aromatic carbocycles. The van der Waals surface area contributed by atoms with Crippen LogP contribution in [-0.2, 0) is 11.6 Å². The highest BCUT2D eigenvalue weighted by molar-refractivity contribution is 6.01. The van der Waals surface area contributed by atoms with Gasteiger partial charge in [-0.15, -0.1) is 0 Å². The maximum atomic E-state index is 13.6. The van der Waals surface area contributed by atoms with Gasteiger partial charge in [-0.2, -0.15) is 18.3 Å². The van der Waals surface area contributed by atoms with Gasteiger partial charge < -0.3 is 5.32 Å². The smallest absolute Gasteiger partial charge is 0.363 e. The summed E-state index contributed by atoms with van der Waals surface area (Å²) in [5.74, 6) is 0.657. The van der Waals surface area contributed by atoms with Crippen LogP contribution < -0.4 is 5.32 Å². The van der Waals surface area contributed by atoms with Crippen LogP contribution in [0.1, 0.15) is 85.6 Å². The molecule has 0 bridgehead atoms. The molecule has 1 N–H and O–H groups in total. The monoisotopic (exact) mass is 469 g/mol. The summed E-state index contributed by atoms with van der Waals surface area (Å²) in [6, 6.07) is 15.6. The van der Waals surface area contributed by atoms with Gasteiger partial charge in [0, 0.05) is 11.8 Å². The summed E-state index contributed by atoms with van der Waals surface area (Å²) in [5, 5.41) is 8.00. The second-order valence-corrected chi connectivity index (χ2v) is 9.21. The summed E-state index contributed by atoms with van der Waals surface area (Å²) in [6.07, 6.45) is -0.426. The Kier molecular flexibility index (Phi) is 6.56. The topological polar surface area (TPSA) is 46.9 Å². The predicted octanol–water partition coefficient (Wildman–Crippen LogP) is 7.35. The molecule has 2 unspecified atom stereocenters. The van der Waals surface area contributed by atoms with Gasteiger partial charge in [0.25, 0.3) is 0 Å². The molecule has 0 radical (unpaired) electrons. The first-order chi connectivity index (χ1) is 16.2. The van der Waals surface area contributed by atoms with Crippen LogP contribution in [0.4, 0.5) is 19.0 Å². The lowest BCUT2D eigenvalue weighted by Crippen LogP contribution is -2.30. The molecule has 2 atom stereocenters. The second kappa shape index (κ2) is 9.28. The molecule has 0 saturated heterocycles. The lowest BCUT2D eigenvalue weighted by atomic mass is 9.71. The lowest BCUT2D eigenvalue weighted by Gasteiger charge is -2.33. The number of hydrogen-bond acceptors (Lipinski definition) is 3. The molecule has 0 aliphatic carbocycles.